The van der Waals surface area contributed by atoms with Crippen LogP contribution >= 0.6 is 0 Å². The molecule has 17 aromatic rings. The third-order valence-electron chi connectivity index (χ3n) is 23.6. The predicted octanol–water partition coefficient (Wildman–Crippen LogP) is 29.2. The summed E-state index contributed by atoms with van der Waals surface area (Å²) in [6, 6.07) is 98.2. The third kappa shape index (κ3) is 11.1. The molecule has 0 aliphatic carbocycles. The summed E-state index contributed by atoms with van der Waals surface area (Å²) in [5.41, 5.74) is 29.0. The zero-order valence-corrected chi connectivity index (χ0v) is 65.7. The van der Waals surface area contributed by atoms with Crippen LogP contribution in [0.4, 0.5) is 34.1 Å². The van der Waals surface area contributed by atoms with Crippen molar-refractivity contribution >= 4 is 99.5 Å². The van der Waals surface area contributed by atoms with Crippen LogP contribution in [-0.4, -0.2) is 13.7 Å². The Balaban J connectivity index is 0.968. The average Bonchev–Trinajstić information content (AvgIpc) is 1.66. The van der Waals surface area contributed by atoms with E-state index < -0.39 is 17.4 Å². The van der Waals surface area contributed by atoms with Crippen LogP contribution < -0.4 is 9.80 Å². The molecule has 5 heteroatoms. The highest BCUT2D eigenvalue weighted by molar-refractivity contribution is 6.19. The van der Waals surface area contributed by atoms with Gasteiger partial charge >= 0.3 is 0 Å². The molecule has 5 heterocycles. The lowest BCUT2D eigenvalue weighted by Crippen LogP contribution is -2.30. The van der Waals surface area contributed by atoms with E-state index in [2.05, 4.69) is 388 Å². The van der Waals surface area contributed by atoms with Crippen LogP contribution in [-0.2, 0) is 27.1 Å². The summed E-state index contributed by atoms with van der Waals surface area (Å²) in [6.07, 6.45) is 0. The molecule has 3 aromatic heterocycles. The molecular weight excluding hydrogens is 1330 g/mol. The zero-order valence-electron chi connectivity index (χ0n) is 70.7. The van der Waals surface area contributed by atoms with Crippen molar-refractivity contribution in [1.82, 2.24) is 13.7 Å². The first kappa shape index (κ1) is 63.1. The highest BCUT2D eigenvalue weighted by Gasteiger charge is 2.44. The van der Waals surface area contributed by atoms with Crippen molar-refractivity contribution in [2.45, 2.75) is 137 Å². The summed E-state index contributed by atoms with van der Waals surface area (Å²) in [5, 5.41) is 7.09. The molecule has 110 heavy (non-hydrogen) atoms. The normalized spacial score (nSPS) is 14.6. The molecule has 0 N–H and O–H groups in total. The number of benzene rings is 14. The Morgan fingerprint density at radius 1 is 0.245 bits per heavy atom. The van der Waals surface area contributed by atoms with Crippen LogP contribution in [0, 0.1) is 0 Å². The molecule has 0 fully saturated rings. The maximum Gasteiger partial charge on any atom is 0.0783 e. The number of nitrogens with zero attached hydrogens (tertiary/aromatic N) is 5. The van der Waals surface area contributed by atoms with E-state index >= 15 is 0 Å². The molecule has 14 aromatic carbocycles. The summed E-state index contributed by atoms with van der Waals surface area (Å²) < 4.78 is 53.8. The minimum absolute atomic E-state index is 0.0857. The molecule has 1 unspecified atom stereocenters. The van der Waals surface area contributed by atoms with Gasteiger partial charge in [-0.2, -0.15) is 0 Å². The van der Waals surface area contributed by atoms with Crippen molar-refractivity contribution in [3.05, 3.63) is 342 Å². The van der Waals surface area contributed by atoms with E-state index in [-0.39, 0.29) is 51.4 Å². The van der Waals surface area contributed by atoms with Gasteiger partial charge in [0.25, 0.3) is 0 Å². The van der Waals surface area contributed by atoms with Crippen LogP contribution in [0.2, 0.25) is 0 Å². The van der Waals surface area contributed by atoms with Crippen molar-refractivity contribution in [1.29, 1.82) is 0 Å². The van der Waals surface area contributed by atoms with Gasteiger partial charge in [-0.05, 0) is 221 Å². The van der Waals surface area contributed by atoms with Gasteiger partial charge in [0.1, 0.15) is 0 Å². The quantitative estimate of drug-likeness (QED) is 0.151. The van der Waals surface area contributed by atoms with E-state index in [0.29, 0.717) is 5.56 Å². The van der Waals surface area contributed by atoms with Crippen LogP contribution in [0.25, 0.3) is 116 Å². The van der Waals surface area contributed by atoms with Crippen LogP contribution in [0.15, 0.2) is 297 Å². The number of hydrogen-bond donors (Lipinski definition) is 0. The van der Waals surface area contributed by atoms with Crippen molar-refractivity contribution in [3.8, 4) is 50.4 Å². The minimum atomic E-state index is -0.429. The van der Waals surface area contributed by atoms with E-state index in [4.69, 9.17) is 4.11 Å². The van der Waals surface area contributed by atoms with E-state index in [1.807, 2.05) is 6.07 Å². The van der Waals surface area contributed by atoms with Gasteiger partial charge in [-0.15, -0.1) is 0 Å². The van der Waals surface area contributed by atoms with Crippen LogP contribution in [0.5, 0.6) is 0 Å². The maximum atomic E-state index is 9.59. The first-order chi connectivity index (χ1) is 54.8. The number of hydrogen-bond acceptors (Lipinski definition) is 2. The van der Waals surface area contributed by atoms with Gasteiger partial charge in [-0.1, -0.05) is 280 Å². The second-order valence-electron chi connectivity index (χ2n) is 35.9. The highest BCUT2D eigenvalue weighted by atomic mass is 15.2. The van der Waals surface area contributed by atoms with Crippen molar-refractivity contribution in [2.24, 2.45) is 0 Å². The fourth-order valence-corrected chi connectivity index (χ4v) is 17.7. The molecule has 0 bridgehead atoms. The summed E-state index contributed by atoms with van der Waals surface area (Å²) in [7, 11) is 0. The summed E-state index contributed by atoms with van der Waals surface area (Å²) >= 11 is 0. The lowest BCUT2D eigenvalue weighted by Gasteiger charge is -2.46. The van der Waals surface area contributed by atoms with Gasteiger partial charge in [0, 0.05) is 60.9 Å². The molecule has 5 nitrogen and oxygen atoms in total. The Bertz CT molecular complexity index is 6690. The van der Waals surface area contributed by atoms with E-state index in [1.54, 1.807) is 0 Å². The van der Waals surface area contributed by atoms with E-state index in [0.717, 1.165) is 140 Å². The summed E-state index contributed by atoms with van der Waals surface area (Å²) in [5.74, 6) is -0.411. The monoisotopic (exact) mass is 1430 g/mol. The molecule has 0 radical (unpaired) electrons. The smallest absolute Gasteiger partial charge is 0.0783 e. The van der Waals surface area contributed by atoms with Gasteiger partial charge in [0.2, 0.25) is 0 Å². The maximum absolute atomic E-state index is 9.59. The second-order valence-corrected chi connectivity index (χ2v) is 35.9. The van der Waals surface area contributed by atoms with Crippen LogP contribution in [0.3, 0.4) is 0 Å². The van der Waals surface area contributed by atoms with E-state index in [9.17, 15) is 2.74 Å². The van der Waals surface area contributed by atoms with Gasteiger partial charge in [-0.25, -0.2) is 0 Å². The summed E-state index contributed by atoms with van der Waals surface area (Å²) in [6.45, 7) is 34.6. The molecule has 2 aliphatic heterocycles. The van der Waals surface area contributed by atoms with E-state index in [1.165, 1.54) is 43.8 Å². The van der Waals surface area contributed by atoms with Gasteiger partial charge in [-0.3, -0.25) is 0 Å². The number of aromatic nitrogens is 3. The van der Waals surface area contributed by atoms with Gasteiger partial charge in [0.15, 0.2) is 0 Å². The molecule has 0 spiro atoms. The Morgan fingerprint density at radius 2 is 0.673 bits per heavy atom. The molecule has 2 aliphatic rings. The lowest BCUT2D eigenvalue weighted by molar-refractivity contribution is 0.589. The second kappa shape index (κ2) is 24.8. The predicted molar refractivity (Wildman–Crippen MR) is 470 cm³/mol. The van der Waals surface area contributed by atoms with Crippen molar-refractivity contribution in [3.63, 3.8) is 0 Å². The molecular formula is C105H95N5. The summed E-state index contributed by atoms with van der Waals surface area (Å²) in [4.78, 5) is 5.05. The molecule has 0 saturated carbocycles. The first-order valence-electron chi connectivity index (χ1n) is 41.5. The first-order valence-corrected chi connectivity index (χ1v) is 39.0. The fourth-order valence-electron chi connectivity index (χ4n) is 17.7. The standard InChI is InChI=1S/C105H95N5/c1-101(2,3)71-43-50-87-83(58-71)84-59-72(102(4,5)6)44-51-88(84)106(87)77-47-49-82-94(64-77)110(92-41-29-39-80-79-38-28-40-91(99(79)108(100(80)92)76-36-26-19-27-37-76)109-89-52-45-73(103(7,8)9)60-85(89)86-61-74(104(10,11)12)46-53-90(86)109)96-63-75(105(13,14)15)62-95-98(96)97(82)81-48-42-68(65-30-20-16-21-31-65)57-93(81)107(95)78-55-69(66-32-22-17-23-33-66)54-70(56-78)67-34-24-18-25-35-67/h16-64,97H,1-15H3/i16D,20D,21D,30D,31D. The molecule has 540 valence electrons. The topological polar surface area (TPSA) is 21.3 Å². The Labute approximate surface area is 655 Å². The highest BCUT2D eigenvalue weighted by Crippen LogP contribution is 2.63. The van der Waals surface area contributed by atoms with Crippen molar-refractivity contribution < 1.29 is 6.85 Å². The largest absolute Gasteiger partial charge is 0.310 e. The lowest BCUT2D eigenvalue weighted by atomic mass is 9.73. The fraction of sp³-hybridized carbons (Fsp3) is 0.200. The number of para-hydroxylation sites is 3. The Hall–Kier alpha value is -11.9. The van der Waals surface area contributed by atoms with Gasteiger partial charge in [0.05, 0.1) is 74.1 Å². The number of rotatable bonds is 8. The number of anilines is 6. The van der Waals surface area contributed by atoms with Crippen LogP contribution in [0.1, 0.15) is 161 Å². The minimum Gasteiger partial charge on any atom is -0.310 e. The SMILES string of the molecule is [2H]c1c([2H])c([2H])c(-c2ccc3c(c2)N(c2cc(-c4ccccc4)cc(-c4ccccc4)c2)c2cc(C(C)(C)C)cc4c2C3c2ccc(-n3c5ccc(C(C)(C)C)cc5c5cc(C(C)(C)C)ccc53)cc2N4c2cccc3c4cccc(-n5c6ccc(C(C)(C)C)cc6c6cc(C(C)(C)C)ccc65)c4n(-c4ccccc4)c23)c([2H])c1[2H]. The Kier molecular flexibility index (Phi) is 14.2. The molecule has 19 rings (SSSR count). The average molecular weight is 1430 g/mol. The number of fused-ring (bicyclic) bond motifs is 13. The molecule has 0 amide bonds. The molecule has 0 saturated heterocycles. The zero-order chi connectivity index (χ0) is 80.2. The van der Waals surface area contributed by atoms with Gasteiger partial charge < -0.3 is 23.5 Å². The Morgan fingerprint density at radius 3 is 1.15 bits per heavy atom. The molecule has 1 atom stereocenters. The van der Waals surface area contributed by atoms with Crippen molar-refractivity contribution in [2.75, 3.05) is 9.80 Å². The third-order valence-corrected chi connectivity index (χ3v) is 23.6.